The van der Waals surface area contributed by atoms with Gasteiger partial charge in [0, 0.05) is 7.11 Å². The maximum atomic E-state index is 11.2. The fraction of sp³-hybridized carbons (Fsp3) is 0.200. The van der Waals surface area contributed by atoms with E-state index in [0.29, 0.717) is 17.9 Å². The standard InChI is InChI=1S/C10H9NO3/c1-14-5-6-2-3-7-8(4-6)11-10(13)9(7)12/h2-4H,5H2,1H3,(H,11,12,13). The molecule has 4 heteroatoms. The molecule has 1 aliphatic rings. The molecule has 0 bridgehead atoms. The molecule has 0 radical (unpaired) electrons. The minimum Gasteiger partial charge on any atom is -0.380 e. The van der Waals surface area contributed by atoms with Gasteiger partial charge < -0.3 is 10.1 Å². The second kappa shape index (κ2) is 3.23. The number of Topliss-reactive ketones (excluding diaryl/α,β-unsaturated/α-hetero) is 1. The van der Waals surface area contributed by atoms with Crippen LogP contribution in [-0.2, 0) is 16.1 Å². The highest BCUT2D eigenvalue weighted by Gasteiger charge is 2.27. The van der Waals surface area contributed by atoms with Crippen LogP contribution in [0.15, 0.2) is 18.2 Å². The predicted molar refractivity (Wildman–Crippen MR) is 50.1 cm³/mol. The lowest BCUT2D eigenvalue weighted by Crippen LogP contribution is -2.12. The fourth-order valence-corrected chi connectivity index (χ4v) is 1.45. The Bertz CT molecular complexity index is 412. The number of ketones is 1. The summed E-state index contributed by atoms with van der Waals surface area (Å²) in [4.78, 5) is 22.2. The van der Waals surface area contributed by atoms with Crippen LogP contribution in [0.4, 0.5) is 5.69 Å². The van der Waals surface area contributed by atoms with E-state index in [1.807, 2.05) is 0 Å². The van der Waals surface area contributed by atoms with Crippen molar-refractivity contribution < 1.29 is 14.3 Å². The zero-order valence-corrected chi connectivity index (χ0v) is 7.66. The molecule has 0 atom stereocenters. The van der Waals surface area contributed by atoms with Crippen LogP contribution in [0.2, 0.25) is 0 Å². The highest BCUT2D eigenvalue weighted by molar-refractivity contribution is 6.51. The summed E-state index contributed by atoms with van der Waals surface area (Å²) in [5.41, 5.74) is 1.95. The quantitative estimate of drug-likeness (QED) is 0.708. The molecule has 1 aliphatic heterocycles. The van der Waals surface area contributed by atoms with Crippen molar-refractivity contribution in [3.05, 3.63) is 29.3 Å². The first-order chi connectivity index (χ1) is 6.72. The lowest BCUT2D eigenvalue weighted by Gasteiger charge is -2.01. The summed E-state index contributed by atoms with van der Waals surface area (Å²) in [5.74, 6) is -1.03. The van der Waals surface area contributed by atoms with Crippen molar-refractivity contribution >= 4 is 17.4 Å². The molecule has 1 heterocycles. The molecular formula is C10H9NO3. The zero-order valence-electron chi connectivity index (χ0n) is 7.66. The summed E-state index contributed by atoms with van der Waals surface area (Å²) >= 11 is 0. The lowest BCUT2D eigenvalue weighted by molar-refractivity contribution is -0.112. The summed E-state index contributed by atoms with van der Waals surface area (Å²) in [6.07, 6.45) is 0. The number of rotatable bonds is 2. The minimum atomic E-state index is -0.561. The van der Waals surface area contributed by atoms with Gasteiger partial charge in [0.25, 0.3) is 11.7 Å². The van der Waals surface area contributed by atoms with E-state index >= 15 is 0 Å². The third-order valence-electron chi connectivity index (χ3n) is 2.09. The molecular weight excluding hydrogens is 182 g/mol. The topological polar surface area (TPSA) is 55.4 Å². The highest BCUT2D eigenvalue weighted by atomic mass is 16.5. The molecule has 0 aliphatic carbocycles. The van der Waals surface area contributed by atoms with Gasteiger partial charge in [-0.15, -0.1) is 0 Å². The first kappa shape index (κ1) is 8.90. The summed E-state index contributed by atoms with van der Waals surface area (Å²) in [5, 5.41) is 2.50. The number of anilines is 1. The van der Waals surface area contributed by atoms with Gasteiger partial charge in [0.2, 0.25) is 0 Å². The van der Waals surface area contributed by atoms with Crippen molar-refractivity contribution in [2.24, 2.45) is 0 Å². The number of carbonyl (C=O) groups is 2. The maximum absolute atomic E-state index is 11.2. The first-order valence-electron chi connectivity index (χ1n) is 4.20. The molecule has 0 fully saturated rings. The van der Waals surface area contributed by atoms with E-state index in [2.05, 4.69) is 5.32 Å². The molecule has 14 heavy (non-hydrogen) atoms. The molecule has 1 amide bonds. The number of fused-ring (bicyclic) bond motifs is 1. The Morgan fingerprint density at radius 3 is 2.86 bits per heavy atom. The average Bonchev–Trinajstić information content (AvgIpc) is 2.43. The van der Waals surface area contributed by atoms with Crippen molar-refractivity contribution in [2.75, 3.05) is 12.4 Å². The van der Waals surface area contributed by atoms with Crippen LogP contribution in [0.1, 0.15) is 15.9 Å². The number of ether oxygens (including phenoxy) is 1. The Hall–Kier alpha value is -1.68. The van der Waals surface area contributed by atoms with Crippen molar-refractivity contribution in [2.45, 2.75) is 6.61 Å². The van der Waals surface area contributed by atoms with Crippen molar-refractivity contribution in [1.82, 2.24) is 0 Å². The molecule has 4 nitrogen and oxygen atoms in total. The zero-order chi connectivity index (χ0) is 10.1. The number of amides is 1. The average molecular weight is 191 g/mol. The largest absolute Gasteiger partial charge is 0.380 e. The Morgan fingerprint density at radius 2 is 2.14 bits per heavy atom. The van der Waals surface area contributed by atoms with Gasteiger partial charge in [-0.25, -0.2) is 0 Å². The molecule has 1 aromatic carbocycles. The van der Waals surface area contributed by atoms with Crippen LogP contribution in [0.5, 0.6) is 0 Å². The minimum absolute atomic E-state index is 0.440. The Kier molecular flexibility index (Phi) is 2.05. The van der Waals surface area contributed by atoms with Gasteiger partial charge in [0.15, 0.2) is 0 Å². The monoisotopic (exact) mass is 191 g/mol. The molecule has 0 unspecified atom stereocenters. The second-order valence-electron chi connectivity index (χ2n) is 3.10. The normalized spacial score (nSPS) is 14.1. The summed E-state index contributed by atoms with van der Waals surface area (Å²) < 4.78 is 4.94. The predicted octanol–water partition coefficient (Wildman–Crippen LogP) is 0.968. The molecule has 0 spiro atoms. The maximum Gasteiger partial charge on any atom is 0.296 e. The third kappa shape index (κ3) is 1.29. The Morgan fingerprint density at radius 1 is 1.36 bits per heavy atom. The van der Waals surface area contributed by atoms with Crippen LogP contribution in [0.25, 0.3) is 0 Å². The fourth-order valence-electron chi connectivity index (χ4n) is 1.45. The number of hydrogen-bond donors (Lipinski definition) is 1. The second-order valence-corrected chi connectivity index (χ2v) is 3.10. The highest BCUT2D eigenvalue weighted by Crippen LogP contribution is 2.24. The Balaban J connectivity index is 2.39. The van der Waals surface area contributed by atoms with E-state index in [0.717, 1.165) is 5.56 Å². The van der Waals surface area contributed by atoms with E-state index in [4.69, 9.17) is 4.74 Å². The summed E-state index contributed by atoms with van der Waals surface area (Å²) in [6, 6.07) is 5.17. The van der Waals surface area contributed by atoms with E-state index < -0.39 is 11.7 Å². The third-order valence-corrected chi connectivity index (χ3v) is 2.09. The van der Waals surface area contributed by atoms with Gasteiger partial charge in [0.05, 0.1) is 17.9 Å². The van der Waals surface area contributed by atoms with Gasteiger partial charge >= 0.3 is 0 Å². The number of methoxy groups -OCH3 is 1. The summed E-state index contributed by atoms with van der Waals surface area (Å²) in [6.45, 7) is 0.470. The van der Waals surface area contributed by atoms with Crippen molar-refractivity contribution in [3.63, 3.8) is 0 Å². The number of benzene rings is 1. The molecule has 72 valence electrons. The van der Waals surface area contributed by atoms with Crippen LogP contribution in [0.3, 0.4) is 0 Å². The van der Waals surface area contributed by atoms with Crippen LogP contribution < -0.4 is 5.32 Å². The smallest absolute Gasteiger partial charge is 0.296 e. The molecule has 0 saturated heterocycles. The first-order valence-corrected chi connectivity index (χ1v) is 4.20. The van der Waals surface area contributed by atoms with Crippen molar-refractivity contribution in [3.8, 4) is 0 Å². The van der Waals surface area contributed by atoms with Gasteiger partial charge in [-0.2, -0.15) is 0 Å². The molecule has 0 saturated carbocycles. The van der Waals surface area contributed by atoms with Crippen LogP contribution in [0, 0.1) is 0 Å². The van der Waals surface area contributed by atoms with E-state index in [1.165, 1.54) is 0 Å². The SMILES string of the molecule is COCc1ccc2c(c1)NC(=O)C2=O. The van der Waals surface area contributed by atoms with E-state index in [1.54, 1.807) is 25.3 Å². The van der Waals surface area contributed by atoms with Gasteiger partial charge in [-0.05, 0) is 17.7 Å². The molecule has 2 rings (SSSR count). The number of hydrogen-bond acceptors (Lipinski definition) is 3. The van der Waals surface area contributed by atoms with Gasteiger partial charge in [0.1, 0.15) is 0 Å². The van der Waals surface area contributed by atoms with Crippen LogP contribution in [-0.4, -0.2) is 18.8 Å². The van der Waals surface area contributed by atoms with Crippen molar-refractivity contribution in [1.29, 1.82) is 0 Å². The van der Waals surface area contributed by atoms with E-state index in [-0.39, 0.29) is 0 Å². The van der Waals surface area contributed by atoms with Crippen LogP contribution >= 0.6 is 0 Å². The summed E-state index contributed by atoms with van der Waals surface area (Å²) in [7, 11) is 1.59. The lowest BCUT2D eigenvalue weighted by atomic mass is 10.1. The molecule has 0 aromatic heterocycles. The number of carbonyl (C=O) groups excluding carboxylic acids is 2. The number of nitrogens with one attached hydrogen (secondary N) is 1. The molecule has 1 aromatic rings. The van der Waals surface area contributed by atoms with E-state index in [9.17, 15) is 9.59 Å². The van der Waals surface area contributed by atoms with Gasteiger partial charge in [-0.1, -0.05) is 6.07 Å². The Labute approximate surface area is 80.9 Å². The van der Waals surface area contributed by atoms with Gasteiger partial charge in [-0.3, -0.25) is 9.59 Å². The molecule has 1 N–H and O–H groups in total.